The summed E-state index contributed by atoms with van der Waals surface area (Å²) in [4.78, 5) is 89.6. The lowest BCUT2D eigenvalue weighted by atomic mass is 9.85. The highest BCUT2D eigenvalue weighted by molar-refractivity contribution is 5.76. The van der Waals surface area contributed by atoms with Crippen LogP contribution in [0.4, 0.5) is 14.4 Å². The Kier molecular flexibility index (Phi) is 21.8. The molecule has 3 aliphatic heterocycles. The van der Waals surface area contributed by atoms with Gasteiger partial charge in [0.05, 0.1) is 23.8 Å². The minimum Gasteiger partial charge on any atom is -0.489 e. The molecule has 1 aliphatic carbocycles. The summed E-state index contributed by atoms with van der Waals surface area (Å²) in [5.41, 5.74) is 0.944. The summed E-state index contributed by atoms with van der Waals surface area (Å²) in [5.74, 6) is -2.10. The molecule has 0 aromatic heterocycles. The van der Waals surface area contributed by atoms with Crippen molar-refractivity contribution in [2.75, 3.05) is 39.3 Å². The van der Waals surface area contributed by atoms with E-state index in [1.807, 2.05) is 161 Å². The van der Waals surface area contributed by atoms with Crippen LogP contribution in [0.15, 0.2) is 72.8 Å². The lowest BCUT2D eigenvalue weighted by molar-refractivity contribution is -0.163. The lowest BCUT2D eigenvalue weighted by Gasteiger charge is -2.28. The van der Waals surface area contributed by atoms with Gasteiger partial charge >= 0.3 is 36.2 Å². The predicted molar refractivity (Wildman–Crippen MR) is 338 cm³/mol. The smallest absolute Gasteiger partial charge is 0.410 e. The molecule has 2 unspecified atom stereocenters. The molecule has 17 heteroatoms. The molecule has 0 bridgehead atoms. The average Bonchev–Trinajstić information content (AvgIpc) is 2.18. The van der Waals surface area contributed by atoms with Crippen molar-refractivity contribution < 1.29 is 61.9 Å². The maximum absolute atomic E-state index is 14.2. The van der Waals surface area contributed by atoms with E-state index in [0.29, 0.717) is 96.6 Å². The first-order valence-corrected chi connectivity index (χ1v) is 32.0. The molecule has 7 rings (SSSR count). The second-order valence-corrected chi connectivity index (χ2v) is 31.1. The fraction of sp³-hybridized carbons (Fsp3) is 0.662. The van der Waals surface area contributed by atoms with Crippen molar-refractivity contribution in [3.8, 4) is 5.75 Å². The quantitative estimate of drug-likeness (QED) is 0.0817. The molecule has 88 heavy (non-hydrogen) atoms. The summed E-state index contributed by atoms with van der Waals surface area (Å²) >= 11 is 0. The van der Waals surface area contributed by atoms with Crippen LogP contribution < -0.4 is 4.74 Å². The topological polar surface area (TPSA) is 180 Å². The number of rotatable bonds is 19. The molecule has 3 amide bonds. The number of amides is 3. The van der Waals surface area contributed by atoms with Gasteiger partial charge < -0.3 is 47.9 Å². The van der Waals surface area contributed by atoms with E-state index in [0.717, 1.165) is 34.2 Å². The number of nitrogens with zero attached hydrogens (tertiary/aromatic N) is 4. The van der Waals surface area contributed by atoms with Crippen LogP contribution in [0.1, 0.15) is 178 Å². The molecule has 3 saturated heterocycles. The summed E-state index contributed by atoms with van der Waals surface area (Å²) in [6.45, 7) is 37.2. The van der Waals surface area contributed by atoms with Gasteiger partial charge in [-0.3, -0.25) is 19.3 Å². The number of hydrogen-bond acceptors (Lipinski definition) is 14. The average molecular weight is 1220 g/mol. The fourth-order valence-electron chi connectivity index (χ4n) is 12.1. The van der Waals surface area contributed by atoms with Gasteiger partial charge in [-0.2, -0.15) is 0 Å². The number of hydrogen-bond donors (Lipinski definition) is 0. The second-order valence-electron chi connectivity index (χ2n) is 31.1. The molecule has 3 aromatic rings. The predicted octanol–water partition coefficient (Wildman–Crippen LogP) is 13.2. The molecule has 0 N–H and O–H groups in total. The molecule has 0 radical (unpaired) electrons. The molecule has 3 aromatic carbocycles. The minimum absolute atomic E-state index is 0.00137. The first kappa shape index (κ1) is 69.1. The standard InChI is InChI=1S/C71H104N4O13/c1-66(2,3)83-60(76)55(51-28-31-72(43-51)63(79)86-69(10,11)12)37-46-22-19-25-49(34-46)41-75(42-50-26-20-23-47(35-50)38-56(61(77)84-67(4,5)6)52-29-32-73(44-52)64(80)87-70(13,14)15)58-40-59(58)82-54-27-21-24-48(36-54)39-57(62(78)85-68(7,8)9)53-30-33-74(45-53)65(81)88-71(16,17)18/h19-27,34-36,51-53,55-59H,28-33,37-45H2,1-18H3/t51-,52-,53-,55-,56-,57-,58?,59?/m0/s1. The van der Waals surface area contributed by atoms with Crippen LogP contribution in [0.5, 0.6) is 5.75 Å². The molecule has 0 spiro atoms. The normalized spacial score (nSPS) is 21.1. The number of benzene rings is 3. The number of esters is 3. The largest absolute Gasteiger partial charge is 0.489 e. The Morgan fingerprint density at radius 3 is 1.03 bits per heavy atom. The molecule has 3 heterocycles. The molecule has 4 fully saturated rings. The van der Waals surface area contributed by atoms with Crippen LogP contribution in [-0.4, -0.2) is 141 Å². The van der Waals surface area contributed by atoms with Crippen molar-refractivity contribution in [2.45, 2.75) is 228 Å². The first-order chi connectivity index (χ1) is 40.7. The lowest BCUT2D eigenvalue weighted by Crippen LogP contribution is -2.38. The highest BCUT2D eigenvalue weighted by atomic mass is 16.6. The summed E-state index contributed by atoms with van der Waals surface area (Å²) in [7, 11) is 0. The third kappa shape index (κ3) is 21.7. The second kappa shape index (κ2) is 27.8. The van der Waals surface area contributed by atoms with Crippen LogP contribution in [0.25, 0.3) is 0 Å². The van der Waals surface area contributed by atoms with E-state index in [1.165, 1.54) is 0 Å². The Balaban J connectivity index is 1.15. The third-order valence-corrected chi connectivity index (χ3v) is 15.9. The SMILES string of the molecule is CC(C)(C)OC(=O)[C@@H](Cc1cccc(CN(Cc2cccc(C[C@H](C(=O)OC(C)(C)C)[C@H]3CCN(C(=O)OC(C)(C)C)C3)c2)C2CC2Oc2cccc(C[C@H](C(=O)OC(C)(C)C)[C@H]3CCN(C(=O)OC(C)(C)C)C3)c2)c1)[C@H]1CCN(C(=O)OC(C)(C)C)C1. The Morgan fingerprint density at radius 1 is 0.420 bits per heavy atom. The maximum Gasteiger partial charge on any atom is 0.410 e. The van der Waals surface area contributed by atoms with Crippen LogP contribution in [-0.2, 0) is 75.2 Å². The molecule has 1 saturated carbocycles. The molecule has 4 aliphatic rings. The van der Waals surface area contributed by atoms with Gasteiger partial charge in [-0.15, -0.1) is 0 Å². The Labute approximate surface area is 525 Å². The molecule has 8 atom stereocenters. The van der Waals surface area contributed by atoms with Crippen molar-refractivity contribution in [2.24, 2.45) is 35.5 Å². The number of carbonyl (C=O) groups excluding carboxylic acids is 6. The van der Waals surface area contributed by atoms with E-state index in [9.17, 15) is 28.8 Å². The van der Waals surface area contributed by atoms with Gasteiger partial charge in [0.25, 0.3) is 0 Å². The summed E-state index contributed by atoms with van der Waals surface area (Å²) in [6, 6.07) is 24.7. The van der Waals surface area contributed by atoms with Crippen molar-refractivity contribution in [1.29, 1.82) is 0 Å². The van der Waals surface area contributed by atoms with Gasteiger partial charge in [0, 0.05) is 58.8 Å². The van der Waals surface area contributed by atoms with Crippen LogP contribution in [0.2, 0.25) is 0 Å². The Bertz CT molecular complexity index is 2790. The third-order valence-electron chi connectivity index (χ3n) is 15.9. The van der Waals surface area contributed by atoms with E-state index in [-0.39, 0.29) is 66.1 Å². The molecular weight excluding hydrogens is 1120 g/mol. The number of carbonyl (C=O) groups is 6. The summed E-state index contributed by atoms with van der Waals surface area (Å²) in [5, 5.41) is 0. The zero-order chi connectivity index (χ0) is 64.9. The van der Waals surface area contributed by atoms with Gasteiger partial charge in [0.15, 0.2) is 0 Å². The maximum atomic E-state index is 14.2. The molecule has 17 nitrogen and oxygen atoms in total. The van der Waals surface area contributed by atoms with Gasteiger partial charge in [0.1, 0.15) is 45.5 Å². The van der Waals surface area contributed by atoms with E-state index >= 15 is 0 Å². The van der Waals surface area contributed by atoms with E-state index in [1.54, 1.807) is 14.7 Å². The van der Waals surface area contributed by atoms with Crippen molar-refractivity contribution in [3.05, 3.63) is 101 Å². The van der Waals surface area contributed by atoms with Gasteiger partial charge in [-0.25, -0.2) is 14.4 Å². The van der Waals surface area contributed by atoms with Crippen LogP contribution in [0, 0.1) is 35.5 Å². The zero-order valence-corrected chi connectivity index (χ0v) is 56.2. The number of ether oxygens (including phenoxy) is 7. The Morgan fingerprint density at radius 2 is 0.716 bits per heavy atom. The van der Waals surface area contributed by atoms with E-state index < -0.39 is 51.4 Å². The summed E-state index contributed by atoms with van der Waals surface area (Å²) < 4.78 is 42.2. The van der Waals surface area contributed by atoms with E-state index in [4.69, 9.17) is 33.2 Å². The van der Waals surface area contributed by atoms with Gasteiger partial charge in [-0.1, -0.05) is 60.7 Å². The highest BCUT2D eigenvalue weighted by Gasteiger charge is 2.46. The Hall–Kier alpha value is -6.36. The van der Waals surface area contributed by atoms with Crippen molar-refractivity contribution >= 4 is 36.2 Å². The zero-order valence-electron chi connectivity index (χ0n) is 56.2. The van der Waals surface area contributed by atoms with Crippen LogP contribution in [0.3, 0.4) is 0 Å². The number of likely N-dealkylation sites (tertiary alicyclic amines) is 3. The van der Waals surface area contributed by atoms with Gasteiger partial charge in [-0.05, 0) is 221 Å². The molecule has 486 valence electrons. The van der Waals surface area contributed by atoms with Crippen molar-refractivity contribution in [1.82, 2.24) is 19.6 Å². The summed E-state index contributed by atoms with van der Waals surface area (Å²) in [6.07, 6.45) is 2.61. The van der Waals surface area contributed by atoms with Crippen molar-refractivity contribution in [3.63, 3.8) is 0 Å². The fourth-order valence-corrected chi connectivity index (χ4v) is 12.1. The van der Waals surface area contributed by atoms with Crippen LogP contribution >= 0.6 is 0 Å². The highest BCUT2D eigenvalue weighted by Crippen LogP contribution is 2.39. The van der Waals surface area contributed by atoms with Gasteiger partial charge in [0.2, 0.25) is 0 Å². The van der Waals surface area contributed by atoms with E-state index in [2.05, 4.69) is 41.3 Å². The monoisotopic (exact) mass is 1220 g/mol. The first-order valence-electron chi connectivity index (χ1n) is 32.0. The minimum atomic E-state index is -0.705. The molecular formula is C71H104N4O13.